The third-order valence-electron chi connectivity index (χ3n) is 3.16. The van der Waals surface area contributed by atoms with Gasteiger partial charge in [0, 0.05) is 5.02 Å². The molecule has 1 aliphatic heterocycles. The summed E-state index contributed by atoms with van der Waals surface area (Å²) in [6, 6.07) is 16.1. The van der Waals surface area contributed by atoms with E-state index in [1.54, 1.807) is 0 Å². The number of benzene rings is 2. The molecule has 0 saturated carbocycles. The molecule has 0 spiro atoms. The zero-order valence-corrected chi connectivity index (χ0v) is 10.8. The number of ether oxygens (including phenoxy) is 1. The Morgan fingerprint density at radius 2 is 1.89 bits per heavy atom. The molecule has 2 nitrogen and oxygen atoms in total. The van der Waals surface area contributed by atoms with Crippen LogP contribution in [0.1, 0.15) is 18.6 Å². The lowest BCUT2D eigenvalue weighted by Gasteiger charge is -2.33. The molecule has 0 aromatic heterocycles. The number of hydrogen-bond donors (Lipinski definition) is 1. The first-order chi connectivity index (χ1) is 8.74. The predicted octanol–water partition coefficient (Wildman–Crippen LogP) is 4.27. The van der Waals surface area contributed by atoms with Crippen LogP contribution in [0.3, 0.4) is 0 Å². The second kappa shape index (κ2) is 4.54. The molecule has 1 N–H and O–H groups in total. The van der Waals surface area contributed by atoms with Crippen LogP contribution in [0.2, 0.25) is 5.02 Å². The van der Waals surface area contributed by atoms with Crippen LogP contribution < -0.4 is 10.1 Å². The molecule has 92 valence electrons. The standard InChI is InChI=1S/C15H14ClNO/c1-10-15(11-5-3-2-4-6-11)18-14-8-7-12(16)9-13(14)17-10/h2-10,15,17H,1H3. The van der Waals surface area contributed by atoms with E-state index in [1.807, 2.05) is 36.4 Å². The lowest BCUT2D eigenvalue weighted by molar-refractivity contribution is 0.177. The molecule has 3 rings (SSSR count). The summed E-state index contributed by atoms with van der Waals surface area (Å²) in [6.07, 6.45) is 0.0277. The molecule has 1 aliphatic rings. The SMILES string of the molecule is CC1Nc2cc(Cl)ccc2OC1c1ccccc1. The number of anilines is 1. The maximum Gasteiger partial charge on any atom is 0.144 e. The molecule has 1 heterocycles. The van der Waals surface area contributed by atoms with E-state index in [0.29, 0.717) is 0 Å². The molecule has 3 heteroatoms. The molecule has 0 fully saturated rings. The molecule has 0 radical (unpaired) electrons. The molecule has 2 unspecified atom stereocenters. The smallest absolute Gasteiger partial charge is 0.144 e. The van der Waals surface area contributed by atoms with Gasteiger partial charge in [0.05, 0.1) is 11.7 Å². The fourth-order valence-electron chi connectivity index (χ4n) is 2.28. The van der Waals surface area contributed by atoms with Gasteiger partial charge in [-0.1, -0.05) is 41.9 Å². The highest BCUT2D eigenvalue weighted by molar-refractivity contribution is 6.30. The first-order valence-electron chi connectivity index (χ1n) is 6.02. The summed E-state index contributed by atoms with van der Waals surface area (Å²) in [6.45, 7) is 2.11. The van der Waals surface area contributed by atoms with Crippen LogP contribution in [0, 0.1) is 0 Å². The molecule has 0 bridgehead atoms. The fraction of sp³-hybridized carbons (Fsp3) is 0.200. The minimum Gasteiger partial charge on any atom is -0.481 e. The summed E-state index contributed by atoms with van der Waals surface area (Å²) in [4.78, 5) is 0. The average molecular weight is 260 g/mol. The van der Waals surface area contributed by atoms with Crippen LogP contribution in [0.25, 0.3) is 0 Å². The Morgan fingerprint density at radius 1 is 1.11 bits per heavy atom. The Labute approximate surface area is 112 Å². The van der Waals surface area contributed by atoms with Crippen molar-refractivity contribution in [2.45, 2.75) is 19.1 Å². The van der Waals surface area contributed by atoms with Crippen LogP contribution in [0.4, 0.5) is 5.69 Å². The second-order valence-corrected chi connectivity index (χ2v) is 4.96. The molecule has 0 amide bonds. The molecule has 0 saturated heterocycles. The highest BCUT2D eigenvalue weighted by Crippen LogP contribution is 2.38. The van der Waals surface area contributed by atoms with Crippen LogP contribution in [-0.2, 0) is 0 Å². The molecular formula is C15H14ClNO. The summed E-state index contributed by atoms with van der Waals surface area (Å²) >= 11 is 5.98. The van der Waals surface area contributed by atoms with Gasteiger partial charge in [-0.3, -0.25) is 0 Å². The summed E-state index contributed by atoms with van der Waals surface area (Å²) < 4.78 is 6.06. The Hall–Kier alpha value is -1.67. The van der Waals surface area contributed by atoms with E-state index >= 15 is 0 Å². The Kier molecular flexibility index (Phi) is 2.88. The van der Waals surface area contributed by atoms with Gasteiger partial charge in [0.15, 0.2) is 0 Å². The van der Waals surface area contributed by atoms with Crippen molar-refractivity contribution < 1.29 is 4.74 Å². The third kappa shape index (κ3) is 2.04. The minimum absolute atomic E-state index is 0.0277. The number of hydrogen-bond acceptors (Lipinski definition) is 2. The molecule has 2 atom stereocenters. The van der Waals surface area contributed by atoms with E-state index in [0.717, 1.165) is 16.5 Å². The van der Waals surface area contributed by atoms with Crippen molar-refractivity contribution in [1.29, 1.82) is 0 Å². The topological polar surface area (TPSA) is 21.3 Å². The number of nitrogens with one attached hydrogen (secondary N) is 1. The van der Waals surface area contributed by atoms with E-state index in [4.69, 9.17) is 16.3 Å². The first-order valence-corrected chi connectivity index (χ1v) is 6.39. The van der Waals surface area contributed by atoms with Crippen LogP contribution >= 0.6 is 11.6 Å². The molecular weight excluding hydrogens is 246 g/mol. The van der Waals surface area contributed by atoms with Crippen LogP contribution in [-0.4, -0.2) is 6.04 Å². The van der Waals surface area contributed by atoms with Crippen molar-refractivity contribution in [3.63, 3.8) is 0 Å². The lowest BCUT2D eigenvalue weighted by atomic mass is 10.0. The maximum absolute atomic E-state index is 6.06. The van der Waals surface area contributed by atoms with E-state index in [1.165, 1.54) is 5.56 Å². The largest absolute Gasteiger partial charge is 0.481 e. The van der Waals surface area contributed by atoms with Gasteiger partial charge in [-0.25, -0.2) is 0 Å². The number of halogens is 1. The normalized spacial score (nSPS) is 21.7. The van der Waals surface area contributed by atoms with E-state index in [9.17, 15) is 0 Å². The Balaban J connectivity index is 1.95. The summed E-state index contributed by atoms with van der Waals surface area (Å²) in [5.74, 6) is 0.853. The molecule has 18 heavy (non-hydrogen) atoms. The minimum atomic E-state index is 0.0277. The van der Waals surface area contributed by atoms with Gasteiger partial charge < -0.3 is 10.1 Å². The molecule has 2 aromatic carbocycles. The van der Waals surface area contributed by atoms with Gasteiger partial charge in [-0.2, -0.15) is 0 Å². The quantitative estimate of drug-likeness (QED) is 0.826. The highest BCUT2D eigenvalue weighted by atomic mass is 35.5. The second-order valence-electron chi connectivity index (χ2n) is 4.52. The van der Waals surface area contributed by atoms with Gasteiger partial charge in [-0.05, 0) is 30.7 Å². The predicted molar refractivity (Wildman–Crippen MR) is 74.3 cm³/mol. The lowest BCUT2D eigenvalue weighted by Crippen LogP contribution is -2.32. The Bertz CT molecular complexity index is 556. The number of fused-ring (bicyclic) bond motifs is 1. The third-order valence-corrected chi connectivity index (χ3v) is 3.40. The fourth-order valence-corrected chi connectivity index (χ4v) is 2.45. The van der Waals surface area contributed by atoms with Crippen molar-refractivity contribution in [2.75, 3.05) is 5.32 Å². The highest BCUT2D eigenvalue weighted by Gasteiger charge is 2.27. The van der Waals surface area contributed by atoms with E-state index < -0.39 is 0 Å². The Morgan fingerprint density at radius 3 is 2.67 bits per heavy atom. The monoisotopic (exact) mass is 259 g/mol. The van der Waals surface area contributed by atoms with Crippen molar-refractivity contribution in [1.82, 2.24) is 0 Å². The average Bonchev–Trinajstić information content (AvgIpc) is 2.39. The first kappa shape index (κ1) is 11.4. The van der Waals surface area contributed by atoms with Crippen molar-refractivity contribution in [2.24, 2.45) is 0 Å². The van der Waals surface area contributed by atoms with Crippen molar-refractivity contribution in [3.8, 4) is 5.75 Å². The zero-order chi connectivity index (χ0) is 12.5. The number of rotatable bonds is 1. The van der Waals surface area contributed by atoms with E-state index in [2.05, 4.69) is 24.4 Å². The van der Waals surface area contributed by atoms with Gasteiger partial charge >= 0.3 is 0 Å². The molecule has 0 aliphatic carbocycles. The van der Waals surface area contributed by atoms with Gasteiger partial charge in [0.2, 0.25) is 0 Å². The van der Waals surface area contributed by atoms with Crippen LogP contribution in [0.5, 0.6) is 5.75 Å². The summed E-state index contributed by atoms with van der Waals surface area (Å²) in [5.41, 5.74) is 2.14. The summed E-state index contributed by atoms with van der Waals surface area (Å²) in [5, 5.41) is 4.16. The van der Waals surface area contributed by atoms with Gasteiger partial charge in [0.1, 0.15) is 11.9 Å². The summed E-state index contributed by atoms with van der Waals surface area (Å²) in [7, 11) is 0. The zero-order valence-electron chi connectivity index (χ0n) is 10.1. The molecule has 2 aromatic rings. The van der Waals surface area contributed by atoms with Crippen molar-refractivity contribution in [3.05, 3.63) is 59.1 Å². The van der Waals surface area contributed by atoms with Crippen LogP contribution in [0.15, 0.2) is 48.5 Å². The van der Waals surface area contributed by atoms with Gasteiger partial charge in [0.25, 0.3) is 0 Å². The van der Waals surface area contributed by atoms with E-state index in [-0.39, 0.29) is 12.1 Å². The van der Waals surface area contributed by atoms with Gasteiger partial charge in [-0.15, -0.1) is 0 Å². The van der Waals surface area contributed by atoms with Crippen molar-refractivity contribution >= 4 is 17.3 Å². The maximum atomic E-state index is 6.06.